The zero-order valence-electron chi connectivity index (χ0n) is 15.2. The summed E-state index contributed by atoms with van der Waals surface area (Å²) in [5.41, 5.74) is -2.61. The van der Waals surface area contributed by atoms with Crippen molar-refractivity contribution >= 4 is 29.1 Å². The number of hydrogen-bond donors (Lipinski definition) is 0. The van der Waals surface area contributed by atoms with Gasteiger partial charge in [0, 0.05) is 16.1 Å². The lowest BCUT2D eigenvalue weighted by Crippen LogP contribution is -2.55. The van der Waals surface area contributed by atoms with Gasteiger partial charge in [0.25, 0.3) is 5.91 Å². The van der Waals surface area contributed by atoms with Crippen LogP contribution in [0.25, 0.3) is 0 Å². The maximum Gasteiger partial charge on any atom is 0.471 e. The fraction of sp³-hybridized carbons (Fsp3) is 0.529. The average Bonchev–Trinajstić information content (AvgIpc) is 2.76. The number of benzene rings is 1. The number of hydrogen-bond acceptors (Lipinski definition) is 2. The van der Waals surface area contributed by atoms with Crippen LogP contribution in [-0.4, -0.2) is 35.1 Å². The first kappa shape index (κ1) is 22.3. The van der Waals surface area contributed by atoms with Gasteiger partial charge >= 0.3 is 18.3 Å². The zero-order valence-corrected chi connectivity index (χ0v) is 16.0. The molecule has 1 unspecified atom stereocenters. The second-order valence-electron chi connectivity index (χ2n) is 7.53. The molecule has 4 nitrogen and oxygen atoms in total. The lowest BCUT2D eigenvalue weighted by Gasteiger charge is -2.40. The van der Waals surface area contributed by atoms with Crippen LogP contribution in [0.3, 0.4) is 0 Å². The minimum atomic E-state index is -5.25. The van der Waals surface area contributed by atoms with Crippen molar-refractivity contribution in [1.29, 1.82) is 0 Å². The Balaban J connectivity index is 2.68. The quantitative estimate of drug-likeness (QED) is 0.597. The van der Waals surface area contributed by atoms with Gasteiger partial charge in [-0.15, -0.1) is 0 Å². The van der Waals surface area contributed by atoms with E-state index in [1.807, 2.05) is 0 Å². The van der Waals surface area contributed by atoms with E-state index in [0.717, 1.165) is 17.9 Å². The first-order chi connectivity index (χ1) is 12.5. The largest absolute Gasteiger partial charge is 0.471 e. The first-order valence-electron chi connectivity index (χ1n) is 8.06. The van der Waals surface area contributed by atoms with E-state index >= 15 is 0 Å². The highest BCUT2D eigenvalue weighted by Crippen LogP contribution is 2.42. The predicted octanol–water partition coefficient (Wildman–Crippen LogP) is 4.86. The van der Waals surface area contributed by atoms with E-state index in [4.69, 9.17) is 11.6 Å². The Morgan fingerprint density at radius 3 is 2.00 bits per heavy atom. The molecular formula is C17H17ClF6N2O2. The molecule has 0 spiro atoms. The summed E-state index contributed by atoms with van der Waals surface area (Å²) in [6.45, 7) is 5.52. The molecule has 11 heteroatoms. The molecule has 0 saturated carbocycles. The highest BCUT2D eigenvalue weighted by atomic mass is 35.5. The van der Waals surface area contributed by atoms with Crippen molar-refractivity contribution < 1.29 is 35.9 Å². The third-order valence-electron chi connectivity index (χ3n) is 4.26. The van der Waals surface area contributed by atoms with Gasteiger partial charge in [-0.1, -0.05) is 32.4 Å². The van der Waals surface area contributed by atoms with Gasteiger partial charge in [-0.3, -0.25) is 14.5 Å². The summed E-state index contributed by atoms with van der Waals surface area (Å²) in [6.07, 6.45) is -11.5. The predicted molar refractivity (Wildman–Crippen MR) is 89.5 cm³/mol. The number of halogens is 7. The zero-order chi connectivity index (χ0) is 21.8. The number of nitrogens with zero attached hydrogens (tertiary/aromatic N) is 2. The first-order valence-corrected chi connectivity index (χ1v) is 8.44. The van der Waals surface area contributed by atoms with E-state index < -0.39 is 47.4 Å². The molecule has 28 heavy (non-hydrogen) atoms. The monoisotopic (exact) mass is 430 g/mol. The van der Waals surface area contributed by atoms with Crippen molar-refractivity contribution in [3.63, 3.8) is 0 Å². The fourth-order valence-electron chi connectivity index (χ4n) is 3.16. The van der Waals surface area contributed by atoms with E-state index in [-0.39, 0.29) is 10.7 Å². The standard InChI is InChI=1S/C17H17ClF6N2O2/c1-8-12(27)26(11-6-9(16(19,20)21)5-10(18)7-11)13(15(2,3)4)25(8)14(28)17(22,23)24/h5-8,13H,1-4H3/t8?,13-/m0/s1. The lowest BCUT2D eigenvalue weighted by molar-refractivity contribution is -0.190. The Hall–Kier alpha value is -1.97. The van der Waals surface area contributed by atoms with Crippen LogP contribution in [-0.2, 0) is 15.8 Å². The molecule has 1 fully saturated rings. The van der Waals surface area contributed by atoms with Crippen molar-refractivity contribution in [1.82, 2.24) is 4.90 Å². The second kappa shape index (κ2) is 6.82. The molecule has 2 amide bonds. The lowest BCUT2D eigenvalue weighted by atomic mass is 9.90. The number of amides is 2. The van der Waals surface area contributed by atoms with Crippen molar-refractivity contribution in [2.45, 2.75) is 52.3 Å². The van der Waals surface area contributed by atoms with E-state index in [2.05, 4.69) is 0 Å². The minimum absolute atomic E-state index is 0.339. The third-order valence-corrected chi connectivity index (χ3v) is 4.48. The van der Waals surface area contributed by atoms with Crippen LogP contribution in [0.4, 0.5) is 32.0 Å². The summed E-state index contributed by atoms with van der Waals surface area (Å²) in [4.78, 5) is 25.8. The number of carbonyl (C=O) groups excluding carboxylic acids is 2. The molecule has 0 radical (unpaired) electrons. The van der Waals surface area contributed by atoms with Crippen molar-refractivity contribution in [2.75, 3.05) is 4.90 Å². The summed E-state index contributed by atoms with van der Waals surface area (Å²) in [6, 6.07) is 0.782. The molecule has 156 valence electrons. The van der Waals surface area contributed by atoms with E-state index in [9.17, 15) is 35.9 Å². The van der Waals surface area contributed by atoms with Gasteiger partial charge < -0.3 is 4.90 Å². The van der Waals surface area contributed by atoms with Gasteiger partial charge in [0.2, 0.25) is 0 Å². The molecule has 0 N–H and O–H groups in total. The second-order valence-corrected chi connectivity index (χ2v) is 7.97. The maximum atomic E-state index is 13.1. The van der Waals surface area contributed by atoms with Crippen LogP contribution in [0.1, 0.15) is 33.3 Å². The van der Waals surface area contributed by atoms with Crippen molar-refractivity contribution in [3.05, 3.63) is 28.8 Å². The molecule has 0 aliphatic carbocycles. The summed E-state index contributed by atoms with van der Waals surface area (Å²) in [5, 5.41) is -0.349. The molecule has 1 heterocycles. The Morgan fingerprint density at radius 1 is 1.04 bits per heavy atom. The smallest absolute Gasteiger partial charge is 0.302 e. The molecule has 1 aliphatic rings. The average molecular weight is 431 g/mol. The van der Waals surface area contributed by atoms with Gasteiger partial charge in [-0.2, -0.15) is 26.3 Å². The third kappa shape index (κ3) is 4.06. The van der Waals surface area contributed by atoms with Crippen LogP contribution in [0.15, 0.2) is 18.2 Å². The van der Waals surface area contributed by atoms with Crippen LogP contribution in [0.5, 0.6) is 0 Å². The summed E-state index contributed by atoms with van der Waals surface area (Å²) in [5.74, 6) is -3.18. The maximum absolute atomic E-state index is 13.1. The summed E-state index contributed by atoms with van der Waals surface area (Å²) >= 11 is 5.75. The molecule has 1 aromatic carbocycles. The van der Waals surface area contributed by atoms with E-state index in [0.29, 0.717) is 17.0 Å². The molecular weight excluding hydrogens is 414 g/mol. The van der Waals surface area contributed by atoms with Gasteiger partial charge in [0.15, 0.2) is 0 Å². The summed E-state index contributed by atoms with van der Waals surface area (Å²) in [7, 11) is 0. The molecule has 2 atom stereocenters. The SMILES string of the molecule is CC1C(=O)N(c2cc(Cl)cc(C(F)(F)F)c2)[C@@H](C(C)(C)C)N1C(=O)C(F)(F)F. The number of rotatable bonds is 1. The van der Waals surface area contributed by atoms with Gasteiger partial charge in [0.05, 0.1) is 5.56 Å². The highest BCUT2D eigenvalue weighted by Gasteiger charge is 2.57. The molecule has 1 saturated heterocycles. The number of anilines is 1. The Labute approximate surface area is 162 Å². The Bertz CT molecular complexity index is 800. The van der Waals surface area contributed by atoms with E-state index in [1.165, 1.54) is 20.8 Å². The van der Waals surface area contributed by atoms with Crippen LogP contribution >= 0.6 is 11.6 Å². The minimum Gasteiger partial charge on any atom is -0.302 e. The normalized spacial score (nSPS) is 21.5. The van der Waals surface area contributed by atoms with Crippen molar-refractivity contribution in [2.24, 2.45) is 5.41 Å². The molecule has 2 rings (SSSR count). The summed E-state index contributed by atoms with van der Waals surface area (Å²) < 4.78 is 78.6. The highest BCUT2D eigenvalue weighted by molar-refractivity contribution is 6.31. The molecule has 1 aromatic rings. The number of carbonyl (C=O) groups is 2. The topological polar surface area (TPSA) is 40.6 Å². The van der Waals surface area contributed by atoms with Crippen LogP contribution < -0.4 is 4.90 Å². The fourth-order valence-corrected chi connectivity index (χ4v) is 3.39. The number of alkyl halides is 6. The van der Waals surface area contributed by atoms with Crippen LogP contribution in [0.2, 0.25) is 5.02 Å². The molecule has 0 aromatic heterocycles. The Morgan fingerprint density at radius 2 is 1.57 bits per heavy atom. The van der Waals surface area contributed by atoms with E-state index in [1.54, 1.807) is 0 Å². The Kier molecular flexibility index (Phi) is 5.44. The van der Waals surface area contributed by atoms with Gasteiger partial charge in [-0.25, -0.2) is 0 Å². The molecule has 0 bridgehead atoms. The van der Waals surface area contributed by atoms with Crippen molar-refractivity contribution in [3.8, 4) is 0 Å². The van der Waals surface area contributed by atoms with Crippen LogP contribution in [0, 0.1) is 5.41 Å². The van der Waals surface area contributed by atoms with Gasteiger partial charge in [0.1, 0.15) is 12.2 Å². The molecule has 1 aliphatic heterocycles. The van der Waals surface area contributed by atoms with Gasteiger partial charge in [-0.05, 0) is 25.1 Å².